The van der Waals surface area contributed by atoms with E-state index in [9.17, 15) is 0 Å². The molecule has 0 aliphatic heterocycles. The van der Waals surface area contributed by atoms with Gasteiger partial charge in [0.1, 0.15) is 0 Å². The van der Waals surface area contributed by atoms with Gasteiger partial charge in [0.2, 0.25) is 0 Å². The number of nitrogens with zero attached hydrogens (tertiary/aromatic N) is 2. The molecular formula is C19H26BrIN4. The van der Waals surface area contributed by atoms with Gasteiger partial charge in [0.15, 0.2) is 5.96 Å². The Balaban J connectivity index is 0.00000312. The molecule has 4 nitrogen and oxygen atoms in total. The molecule has 0 spiro atoms. The van der Waals surface area contributed by atoms with Gasteiger partial charge in [-0.25, -0.2) is 4.99 Å². The highest BCUT2D eigenvalue weighted by atomic mass is 127. The van der Waals surface area contributed by atoms with Crippen molar-refractivity contribution in [2.24, 2.45) is 4.99 Å². The third-order valence-corrected chi connectivity index (χ3v) is 4.46. The summed E-state index contributed by atoms with van der Waals surface area (Å²) in [5, 5.41) is 6.74. The first-order valence-corrected chi connectivity index (χ1v) is 8.99. The number of pyridine rings is 1. The van der Waals surface area contributed by atoms with Crippen LogP contribution in [-0.2, 0) is 12.0 Å². The molecule has 0 unspecified atom stereocenters. The fraction of sp³-hybridized carbons (Fsp3) is 0.368. The number of hydrogen-bond acceptors (Lipinski definition) is 2. The van der Waals surface area contributed by atoms with E-state index in [-0.39, 0.29) is 29.4 Å². The Bertz CT molecular complexity index is 674. The van der Waals surface area contributed by atoms with Gasteiger partial charge in [0.05, 0.1) is 12.2 Å². The molecule has 0 bridgehead atoms. The molecule has 1 heterocycles. The fourth-order valence-electron chi connectivity index (χ4n) is 2.40. The van der Waals surface area contributed by atoms with E-state index >= 15 is 0 Å². The largest absolute Gasteiger partial charge is 0.357 e. The molecule has 0 atom stereocenters. The molecule has 1 aromatic carbocycles. The maximum atomic E-state index is 4.62. The molecule has 6 heteroatoms. The van der Waals surface area contributed by atoms with Crippen molar-refractivity contribution in [2.45, 2.75) is 32.7 Å². The Morgan fingerprint density at radius 2 is 1.84 bits per heavy atom. The third kappa shape index (κ3) is 6.93. The van der Waals surface area contributed by atoms with Crippen LogP contribution in [0.15, 0.2) is 58.1 Å². The summed E-state index contributed by atoms with van der Waals surface area (Å²) >= 11 is 3.65. The Morgan fingerprint density at radius 3 is 2.48 bits per heavy atom. The molecule has 0 aliphatic carbocycles. The van der Waals surface area contributed by atoms with E-state index in [1.807, 2.05) is 24.3 Å². The van der Waals surface area contributed by atoms with Crippen LogP contribution >= 0.6 is 39.9 Å². The summed E-state index contributed by atoms with van der Waals surface area (Å²) in [6.07, 6.45) is 1.79. The summed E-state index contributed by atoms with van der Waals surface area (Å²) in [4.78, 5) is 8.93. The molecule has 0 saturated heterocycles. The molecule has 1 aromatic heterocycles. The number of nitrogens with one attached hydrogen (secondary N) is 2. The third-order valence-electron chi connectivity index (χ3n) is 3.77. The quantitative estimate of drug-likeness (QED) is 0.338. The predicted octanol–water partition coefficient (Wildman–Crippen LogP) is 4.50. The van der Waals surface area contributed by atoms with E-state index < -0.39 is 0 Å². The zero-order valence-electron chi connectivity index (χ0n) is 14.9. The number of guanidine groups is 1. The van der Waals surface area contributed by atoms with Crippen LogP contribution in [0.4, 0.5) is 0 Å². The van der Waals surface area contributed by atoms with Gasteiger partial charge >= 0.3 is 0 Å². The van der Waals surface area contributed by atoms with Crippen LogP contribution in [0.3, 0.4) is 0 Å². The van der Waals surface area contributed by atoms with Crippen LogP contribution in [0.25, 0.3) is 0 Å². The van der Waals surface area contributed by atoms with Gasteiger partial charge < -0.3 is 10.6 Å². The lowest BCUT2D eigenvalue weighted by Crippen LogP contribution is -2.43. The first-order valence-electron chi connectivity index (χ1n) is 8.20. The second-order valence-electron chi connectivity index (χ2n) is 6.23. The Labute approximate surface area is 176 Å². The van der Waals surface area contributed by atoms with Crippen molar-refractivity contribution in [1.82, 2.24) is 15.6 Å². The minimum atomic E-state index is -0.0265. The molecule has 2 N–H and O–H groups in total. The van der Waals surface area contributed by atoms with E-state index in [2.05, 4.69) is 75.5 Å². The van der Waals surface area contributed by atoms with E-state index in [0.717, 1.165) is 29.2 Å². The summed E-state index contributed by atoms with van der Waals surface area (Å²) in [7, 11) is 0. The molecule has 25 heavy (non-hydrogen) atoms. The average molecular weight is 517 g/mol. The standard InChI is InChI=1S/C19H25BrN4.HI/c1-4-21-18(23-13-15-9-7-8-12-22-15)24-14-19(2,3)16-10-5-6-11-17(16)20;/h5-12H,4,13-14H2,1-3H3,(H2,21,23,24);1H. The van der Waals surface area contributed by atoms with Gasteiger partial charge in [-0.3, -0.25) is 4.98 Å². The monoisotopic (exact) mass is 516 g/mol. The number of hydrogen-bond donors (Lipinski definition) is 2. The predicted molar refractivity (Wildman–Crippen MR) is 120 cm³/mol. The van der Waals surface area contributed by atoms with E-state index in [1.54, 1.807) is 6.20 Å². The zero-order valence-corrected chi connectivity index (χ0v) is 18.8. The molecular weight excluding hydrogens is 491 g/mol. The van der Waals surface area contributed by atoms with Crippen molar-refractivity contribution in [3.8, 4) is 0 Å². The van der Waals surface area contributed by atoms with Crippen molar-refractivity contribution in [3.05, 3.63) is 64.4 Å². The molecule has 0 amide bonds. The van der Waals surface area contributed by atoms with Gasteiger partial charge in [-0.05, 0) is 30.7 Å². The number of halogens is 2. The lowest BCUT2D eigenvalue weighted by atomic mass is 9.84. The number of benzene rings is 1. The lowest BCUT2D eigenvalue weighted by molar-refractivity contribution is 0.506. The lowest BCUT2D eigenvalue weighted by Gasteiger charge is -2.27. The molecule has 2 rings (SSSR count). The molecule has 0 saturated carbocycles. The van der Waals surface area contributed by atoms with Crippen LogP contribution in [0.2, 0.25) is 0 Å². The first kappa shape index (κ1) is 21.9. The zero-order chi connectivity index (χ0) is 17.4. The van der Waals surface area contributed by atoms with Crippen molar-refractivity contribution >= 4 is 45.9 Å². The summed E-state index contributed by atoms with van der Waals surface area (Å²) in [5.41, 5.74) is 2.21. The molecule has 0 aliphatic rings. The molecule has 0 radical (unpaired) electrons. The highest BCUT2D eigenvalue weighted by Gasteiger charge is 2.23. The van der Waals surface area contributed by atoms with Crippen LogP contribution < -0.4 is 10.6 Å². The SMILES string of the molecule is CCNC(=NCc1ccccn1)NCC(C)(C)c1ccccc1Br.I. The summed E-state index contributed by atoms with van der Waals surface area (Å²) in [5.74, 6) is 0.809. The summed E-state index contributed by atoms with van der Waals surface area (Å²) < 4.78 is 1.13. The maximum absolute atomic E-state index is 4.62. The first-order chi connectivity index (χ1) is 11.5. The van der Waals surface area contributed by atoms with Gasteiger partial charge in [-0.2, -0.15) is 0 Å². The van der Waals surface area contributed by atoms with Gasteiger partial charge in [-0.15, -0.1) is 24.0 Å². The Hall–Kier alpha value is -1.15. The van der Waals surface area contributed by atoms with Gasteiger partial charge in [0, 0.05) is 29.2 Å². The number of rotatable bonds is 6. The number of aromatic nitrogens is 1. The normalized spacial score (nSPS) is 11.6. The van der Waals surface area contributed by atoms with Crippen LogP contribution in [0, 0.1) is 0 Å². The van der Waals surface area contributed by atoms with Gasteiger partial charge in [-0.1, -0.05) is 54.0 Å². The minimum absolute atomic E-state index is 0. The maximum Gasteiger partial charge on any atom is 0.191 e. The highest BCUT2D eigenvalue weighted by Crippen LogP contribution is 2.29. The highest BCUT2D eigenvalue weighted by molar-refractivity contribution is 14.0. The van der Waals surface area contributed by atoms with Crippen LogP contribution in [0.5, 0.6) is 0 Å². The smallest absolute Gasteiger partial charge is 0.191 e. The van der Waals surface area contributed by atoms with Crippen molar-refractivity contribution < 1.29 is 0 Å². The van der Waals surface area contributed by atoms with E-state index in [4.69, 9.17) is 0 Å². The van der Waals surface area contributed by atoms with Crippen molar-refractivity contribution in [2.75, 3.05) is 13.1 Å². The molecule has 2 aromatic rings. The van der Waals surface area contributed by atoms with Crippen molar-refractivity contribution in [1.29, 1.82) is 0 Å². The van der Waals surface area contributed by atoms with Crippen molar-refractivity contribution in [3.63, 3.8) is 0 Å². The van der Waals surface area contributed by atoms with E-state index in [1.165, 1.54) is 5.56 Å². The second-order valence-corrected chi connectivity index (χ2v) is 7.09. The van der Waals surface area contributed by atoms with Gasteiger partial charge in [0.25, 0.3) is 0 Å². The molecule has 136 valence electrons. The number of aliphatic imine (C=N–C) groups is 1. The Kier molecular flexibility index (Phi) is 9.42. The average Bonchev–Trinajstić information content (AvgIpc) is 2.58. The van der Waals surface area contributed by atoms with Crippen LogP contribution in [-0.4, -0.2) is 24.0 Å². The molecule has 0 fully saturated rings. The summed E-state index contributed by atoms with van der Waals surface area (Å²) in [6, 6.07) is 14.2. The Morgan fingerprint density at radius 1 is 1.12 bits per heavy atom. The summed E-state index contributed by atoms with van der Waals surface area (Å²) in [6.45, 7) is 8.68. The van der Waals surface area contributed by atoms with E-state index in [0.29, 0.717) is 6.54 Å². The van der Waals surface area contributed by atoms with Crippen LogP contribution in [0.1, 0.15) is 32.0 Å². The fourth-order valence-corrected chi connectivity index (χ4v) is 3.22. The second kappa shape index (κ2) is 10.8. The topological polar surface area (TPSA) is 49.3 Å². The minimum Gasteiger partial charge on any atom is -0.357 e.